The molecule has 0 amide bonds. The van der Waals surface area contributed by atoms with E-state index in [9.17, 15) is 39.0 Å². The van der Waals surface area contributed by atoms with E-state index in [2.05, 4.69) is 67.9 Å². The van der Waals surface area contributed by atoms with Crippen LogP contribution in [-0.2, 0) is 28.4 Å². The number of nitro benzene ring substituents is 2. The van der Waals surface area contributed by atoms with Crippen LogP contribution in [0.25, 0.3) is 0 Å². The van der Waals surface area contributed by atoms with Gasteiger partial charge in [0.15, 0.2) is 0 Å². The summed E-state index contributed by atoms with van der Waals surface area (Å²) in [5.74, 6) is -2.79. The lowest BCUT2D eigenvalue weighted by Gasteiger charge is -2.27. The van der Waals surface area contributed by atoms with Gasteiger partial charge < -0.3 is 74.5 Å². The third-order valence-electron chi connectivity index (χ3n) is 8.52. The number of nitrogens with zero attached hydrogens (tertiary/aromatic N) is 2. The molecule has 3 atom stereocenters. The van der Waals surface area contributed by atoms with E-state index in [0.29, 0.717) is 53.8 Å². The highest BCUT2D eigenvalue weighted by Gasteiger charge is 2.25. The monoisotopic (exact) mass is 1150 g/mol. The number of hydrogen-bond donors (Lipinski definition) is 4. The van der Waals surface area contributed by atoms with Crippen LogP contribution in [0.15, 0.2) is 49.8 Å². The highest BCUT2D eigenvalue weighted by molar-refractivity contribution is 9.11. The highest BCUT2D eigenvalue weighted by Crippen LogP contribution is 2.35. The molecule has 0 aliphatic carbocycles. The van der Waals surface area contributed by atoms with Crippen LogP contribution in [0.3, 0.4) is 0 Å². The van der Waals surface area contributed by atoms with Gasteiger partial charge in [-0.25, -0.2) is 14.4 Å². The molecule has 0 saturated carbocycles. The van der Waals surface area contributed by atoms with Crippen LogP contribution in [0.2, 0.25) is 0 Å². The van der Waals surface area contributed by atoms with Crippen LogP contribution in [0.5, 0.6) is 0 Å². The quantitative estimate of drug-likeness (QED) is 0.0506. The molecule has 3 saturated heterocycles. The Hall–Kier alpha value is -3.79. The second kappa shape index (κ2) is 25.9. The van der Waals surface area contributed by atoms with Crippen molar-refractivity contribution in [1.82, 2.24) is 0 Å². The maximum atomic E-state index is 13.2. The SMILES string of the molecule is COC(=O)c1cc(Br)c(N)c(NC[C@@H]2CCO2)c1.COC(=O)c1cc(Br)c([N+](=O)[O-])c(NC[C@@H]2CCO2)c1.COC(=O)c1cc(F)c([N+](=O)[O-])c(Br)c1.NC[C@@H]1CCO1.[I-]. The number of hydrogen-bond acceptors (Lipinski definition) is 17. The number of ether oxygens (including phenoxy) is 6. The Labute approximate surface area is 385 Å². The molecule has 0 spiro atoms. The second-order valence-electron chi connectivity index (χ2n) is 12.4. The molecule has 3 aliphatic heterocycles. The molecule has 3 aliphatic rings. The number of methoxy groups -OCH3 is 3. The molecule has 3 heterocycles. The Balaban J connectivity index is 0.000000289. The van der Waals surface area contributed by atoms with E-state index in [-0.39, 0.29) is 67.6 Å². The minimum Gasteiger partial charge on any atom is -1.00 e. The zero-order chi connectivity index (χ0) is 43.8. The van der Waals surface area contributed by atoms with E-state index in [4.69, 9.17) is 30.4 Å². The van der Waals surface area contributed by atoms with Crippen molar-refractivity contribution in [3.8, 4) is 0 Å². The summed E-state index contributed by atoms with van der Waals surface area (Å²) < 4.78 is 43.1. The Bertz CT molecular complexity index is 1970. The maximum absolute atomic E-state index is 13.2. The summed E-state index contributed by atoms with van der Waals surface area (Å²) in [6.07, 6.45) is 3.80. The molecular formula is C36H42Br3FIN6O13-. The molecule has 330 valence electrons. The van der Waals surface area contributed by atoms with Crippen molar-refractivity contribution < 1.29 is 81.0 Å². The summed E-state index contributed by atoms with van der Waals surface area (Å²) in [6.45, 7) is 4.27. The molecule has 0 unspecified atom stereocenters. The van der Waals surface area contributed by atoms with Gasteiger partial charge in [-0.1, -0.05) is 0 Å². The normalized spacial score (nSPS) is 16.8. The Morgan fingerprint density at radius 2 is 1.07 bits per heavy atom. The number of rotatable bonds is 12. The van der Waals surface area contributed by atoms with Crippen LogP contribution in [0.4, 0.5) is 32.8 Å². The number of carbonyl (C=O) groups excluding carboxylic acids is 3. The zero-order valence-corrected chi connectivity index (χ0v) is 39.2. The molecule has 60 heavy (non-hydrogen) atoms. The van der Waals surface area contributed by atoms with Gasteiger partial charge in [-0.2, -0.15) is 4.39 Å². The molecule has 19 nitrogen and oxygen atoms in total. The first-order valence-electron chi connectivity index (χ1n) is 17.5. The lowest BCUT2D eigenvalue weighted by atomic mass is 10.1. The van der Waals surface area contributed by atoms with Gasteiger partial charge in [-0.05, 0) is 103 Å². The fraction of sp³-hybridized carbons (Fsp3) is 0.417. The van der Waals surface area contributed by atoms with E-state index in [1.165, 1.54) is 26.4 Å². The number of nitro groups is 2. The number of benzene rings is 3. The molecule has 0 aromatic heterocycles. The molecule has 6 N–H and O–H groups in total. The van der Waals surface area contributed by atoms with Crippen molar-refractivity contribution in [2.45, 2.75) is 37.6 Å². The van der Waals surface area contributed by atoms with Crippen molar-refractivity contribution in [3.63, 3.8) is 0 Å². The van der Waals surface area contributed by atoms with Crippen molar-refractivity contribution in [1.29, 1.82) is 0 Å². The summed E-state index contributed by atoms with van der Waals surface area (Å²) in [7, 11) is 3.74. The van der Waals surface area contributed by atoms with E-state index < -0.39 is 39.3 Å². The Morgan fingerprint density at radius 1 is 0.700 bits per heavy atom. The molecule has 3 fully saturated rings. The van der Waals surface area contributed by atoms with Crippen LogP contribution < -0.4 is 46.1 Å². The number of carbonyl (C=O) groups is 3. The number of nitrogen functional groups attached to an aromatic ring is 1. The average Bonchev–Trinajstić information content (AvgIpc) is 3.13. The smallest absolute Gasteiger partial charge is 0.337 e. The van der Waals surface area contributed by atoms with Crippen LogP contribution in [-0.4, -0.2) is 107 Å². The van der Waals surface area contributed by atoms with E-state index in [0.717, 1.165) is 51.7 Å². The fourth-order valence-electron chi connectivity index (χ4n) is 4.94. The fourth-order valence-corrected chi connectivity index (χ4v) is 6.59. The molecule has 3 aromatic rings. The molecular weight excluding hydrogens is 1110 g/mol. The van der Waals surface area contributed by atoms with Gasteiger partial charge in [0.05, 0.1) is 86.5 Å². The van der Waals surface area contributed by atoms with Crippen molar-refractivity contribution in [2.24, 2.45) is 5.73 Å². The number of anilines is 3. The Morgan fingerprint density at radius 3 is 1.40 bits per heavy atom. The molecule has 24 heteroatoms. The third-order valence-corrected chi connectivity index (χ3v) is 10.4. The summed E-state index contributed by atoms with van der Waals surface area (Å²) in [4.78, 5) is 54.2. The molecule has 3 aromatic carbocycles. The van der Waals surface area contributed by atoms with Crippen LogP contribution in [0, 0.1) is 26.0 Å². The Kier molecular flexibility index (Phi) is 22.6. The van der Waals surface area contributed by atoms with Crippen LogP contribution >= 0.6 is 47.8 Å². The highest BCUT2D eigenvalue weighted by atomic mass is 127. The van der Waals surface area contributed by atoms with Gasteiger partial charge in [0.2, 0.25) is 5.82 Å². The lowest BCUT2D eigenvalue weighted by Crippen LogP contribution is -3.00. The largest absolute Gasteiger partial charge is 1.00 e. The molecule has 6 rings (SSSR count). The predicted molar refractivity (Wildman–Crippen MR) is 223 cm³/mol. The summed E-state index contributed by atoms with van der Waals surface area (Å²) >= 11 is 9.25. The van der Waals surface area contributed by atoms with Gasteiger partial charge >= 0.3 is 29.3 Å². The van der Waals surface area contributed by atoms with Gasteiger partial charge in [0.25, 0.3) is 0 Å². The minimum absolute atomic E-state index is 0. The predicted octanol–water partition coefficient (Wildman–Crippen LogP) is 3.38. The van der Waals surface area contributed by atoms with E-state index in [1.54, 1.807) is 12.1 Å². The van der Waals surface area contributed by atoms with E-state index in [1.807, 2.05) is 0 Å². The van der Waals surface area contributed by atoms with E-state index >= 15 is 0 Å². The van der Waals surface area contributed by atoms with Gasteiger partial charge in [-0.15, -0.1) is 0 Å². The second-order valence-corrected chi connectivity index (χ2v) is 15.0. The first-order chi connectivity index (χ1) is 28.0. The first kappa shape index (κ1) is 52.3. The molecule has 0 bridgehead atoms. The summed E-state index contributed by atoms with van der Waals surface area (Å²) in [5.41, 5.74) is 12.5. The summed E-state index contributed by atoms with van der Waals surface area (Å²) in [5, 5.41) is 27.7. The number of nitrogens with one attached hydrogen (secondary N) is 2. The lowest BCUT2D eigenvalue weighted by molar-refractivity contribution is -0.388. The summed E-state index contributed by atoms with van der Waals surface area (Å²) in [6, 6.07) is 8.00. The van der Waals surface area contributed by atoms with Crippen molar-refractivity contribution in [2.75, 3.05) is 77.2 Å². The van der Waals surface area contributed by atoms with Gasteiger partial charge in [0.1, 0.15) is 5.69 Å². The van der Waals surface area contributed by atoms with Crippen molar-refractivity contribution >= 4 is 94.1 Å². The minimum atomic E-state index is -1.09. The third kappa shape index (κ3) is 15.3. The maximum Gasteiger partial charge on any atom is 0.337 e. The topological polar surface area (TPSA) is 269 Å². The standard InChI is InChI=1S/C12H13BrN2O5.C12H15BrN2O3.C8H5BrFNO4.C4H9NO.HI/c1-19-12(16)7-4-9(13)11(15(17)18)10(5-7)14-6-8-2-3-20-8;1-17-12(16)7-4-9(13)11(14)10(5-7)15-6-8-2-3-18-8;1-15-8(12)4-2-5(9)7(11(13)14)6(10)3-4;5-3-4-1-2-6-4;/h4-5,8,14H,2-3,6H2,1H3;4-5,8,15H,2-3,6,14H2,1H3;2-3H,1H3;4H,1-3,5H2;1H/p-1/t2*8-;;4-;/m00.0./s1. The average molecular weight is 1150 g/mol. The number of nitrogens with two attached hydrogens (primary N) is 2. The van der Waals surface area contributed by atoms with Gasteiger partial charge in [0, 0.05) is 43.9 Å². The number of esters is 3. The molecule has 0 radical (unpaired) electrons. The van der Waals surface area contributed by atoms with Crippen molar-refractivity contribution in [3.05, 3.63) is 92.6 Å². The zero-order valence-electron chi connectivity index (χ0n) is 32.3. The first-order valence-corrected chi connectivity index (χ1v) is 19.9. The number of halogens is 5. The van der Waals surface area contributed by atoms with Gasteiger partial charge in [-0.3, -0.25) is 20.2 Å². The van der Waals surface area contributed by atoms with Crippen LogP contribution in [0.1, 0.15) is 50.3 Å².